The van der Waals surface area contributed by atoms with Crippen molar-refractivity contribution in [3.05, 3.63) is 23.8 Å². The van der Waals surface area contributed by atoms with Crippen LogP contribution in [0.3, 0.4) is 0 Å². The average molecular weight is 176 g/mol. The van der Waals surface area contributed by atoms with Crippen molar-refractivity contribution in [2.45, 2.75) is 33.1 Å². The van der Waals surface area contributed by atoms with E-state index in [-0.39, 0.29) is 5.41 Å². The van der Waals surface area contributed by atoms with E-state index in [1.807, 2.05) is 0 Å². The molecule has 0 aliphatic heterocycles. The van der Waals surface area contributed by atoms with Crippen LogP contribution in [0.15, 0.2) is 23.8 Å². The van der Waals surface area contributed by atoms with E-state index in [9.17, 15) is 4.79 Å². The molecular formula is C12H16O. The Bertz CT molecular complexity index is 298. The number of carbonyl (C=O) groups is 1. The van der Waals surface area contributed by atoms with Gasteiger partial charge in [0.2, 0.25) is 0 Å². The van der Waals surface area contributed by atoms with Crippen LogP contribution in [0.2, 0.25) is 0 Å². The summed E-state index contributed by atoms with van der Waals surface area (Å²) in [6, 6.07) is 0. The summed E-state index contributed by atoms with van der Waals surface area (Å²) in [7, 11) is 0. The van der Waals surface area contributed by atoms with Crippen molar-refractivity contribution in [3.8, 4) is 0 Å². The van der Waals surface area contributed by atoms with E-state index in [0.717, 1.165) is 0 Å². The van der Waals surface area contributed by atoms with Gasteiger partial charge in [-0.2, -0.15) is 0 Å². The smallest absolute Gasteiger partial charge is 0.156 e. The van der Waals surface area contributed by atoms with E-state index in [0.29, 0.717) is 18.1 Å². The Kier molecular flexibility index (Phi) is 1.90. The second kappa shape index (κ2) is 2.83. The lowest BCUT2D eigenvalue weighted by Gasteiger charge is -2.38. The second-order valence-electron chi connectivity index (χ2n) is 4.38. The van der Waals surface area contributed by atoms with E-state index < -0.39 is 0 Å². The van der Waals surface area contributed by atoms with Gasteiger partial charge in [0, 0.05) is 11.8 Å². The molecule has 0 amide bonds. The third kappa shape index (κ3) is 1.18. The van der Waals surface area contributed by atoms with Crippen LogP contribution in [0, 0.1) is 11.3 Å². The van der Waals surface area contributed by atoms with Crippen LogP contribution in [-0.2, 0) is 4.79 Å². The van der Waals surface area contributed by atoms with Crippen LogP contribution in [-0.4, -0.2) is 5.78 Å². The maximum Gasteiger partial charge on any atom is 0.156 e. The van der Waals surface area contributed by atoms with E-state index in [2.05, 4.69) is 26.0 Å². The molecule has 2 rings (SSSR count). The van der Waals surface area contributed by atoms with Crippen molar-refractivity contribution < 1.29 is 4.79 Å². The molecule has 2 atom stereocenters. The number of ketones is 1. The molecule has 0 N–H and O–H groups in total. The van der Waals surface area contributed by atoms with Gasteiger partial charge in [-0.25, -0.2) is 0 Å². The normalized spacial score (nSPS) is 38.5. The fourth-order valence-electron chi connectivity index (χ4n) is 2.64. The standard InChI is InChI=1S/C12H16O/c1-9-4-3-5-10(2)12(9)7-6-11(13)8-12/h4,6-7,10H,3,5,8H2,1-2H3. The van der Waals surface area contributed by atoms with Crippen LogP contribution < -0.4 is 0 Å². The highest BCUT2D eigenvalue weighted by Gasteiger charge is 2.41. The maximum atomic E-state index is 11.3. The Morgan fingerprint density at radius 2 is 2.31 bits per heavy atom. The maximum absolute atomic E-state index is 11.3. The van der Waals surface area contributed by atoms with Crippen LogP contribution >= 0.6 is 0 Å². The Labute approximate surface area is 79.5 Å². The first-order valence-electron chi connectivity index (χ1n) is 5.04. The topological polar surface area (TPSA) is 17.1 Å². The van der Waals surface area contributed by atoms with Gasteiger partial charge in [0.1, 0.15) is 0 Å². The fraction of sp³-hybridized carbons (Fsp3) is 0.583. The van der Waals surface area contributed by atoms with E-state index in [1.165, 1.54) is 18.4 Å². The van der Waals surface area contributed by atoms with Crippen LogP contribution in [0.5, 0.6) is 0 Å². The van der Waals surface area contributed by atoms with Gasteiger partial charge in [-0.05, 0) is 31.8 Å². The van der Waals surface area contributed by atoms with Crippen molar-refractivity contribution in [1.82, 2.24) is 0 Å². The lowest BCUT2D eigenvalue weighted by molar-refractivity contribution is -0.115. The third-order valence-electron chi connectivity index (χ3n) is 3.70. The Balaban J connectivity index is 2.39. The van der Waals surface area contributed by atoms with Gasteiger partial charge in [0.15, 0.2) is 5.78 Å². The first-order chi connectivity index (χ1) is 6.15. The predicted molar refractivity (Wildman–Crippen MR) is 53.4 cm³/mol. The molecule has 0 bridgehead atoms. The lowest BCUT2D eigenvalue weighted by Crippen LogP contribution is -2.29. The summed E-state index contributed by atoms with van der Waals surface area (Å²) in [4.78, 5) is 11.3. The van der Waals surface area contributed by atoms with E-state index >= 15 is 0 Å². The molecule has 0 aromatic rings. The SMILES string of the molecule is CC1=CCCC(C)C12C=CC(=O)C2. The summed E-state index contributed by atoms with van der Waals surface area (Å²) in [6.07, 6.45) is 9.29. The van der Waals surface area contributed by atoms with Crippen LogP contribution in [0.4, 0.5) is 0 Å². The van der Waals surface area contributed by atoms with E-state index in [1.54, 1.807) is 6.08 Å². The van der Waals surface area contributed by atoms with Crippen molar-refractivity contribution in [2.75, 3.05) is 0 Å². The molecule has 0 saturated heterocycles. The molecule has 2 aliphatic rings. The van der Waals surface area contributed by atoms with Crippen molar-refractivity contribution in [3.63, 3.8) is 0 Å². The number of carbonyl (C=O) groups excluding carboxylic acids is 1. The predicted octanol–water partition coefficient (Wildman–Crippen LogP) is 2.88. The monoisotopic (exact) mass is 176 g/mol. The van der Waals surface area contributed by atoms with Crippen LogP contribution in [0.1, 0.15) is 33.1 Å². The number of hydrogen-bond donors (Lipinski definition) is 0. The average Bonchev–Trinajstić information content (AvgIpc) is 2.46. The molecule has 2 aliphatic carbocycles. The van der Waals surface area contributed by atoms with Gasteiger partial charge in [-0.1, -0.05) is 24.6 Å². The third-order valence-corrected chi connectivity index (χ3v) is 3.70. The highest BCUT2D eigenvalue weighted by atomic mass is 16.1. The molecule has 1 nitrogen and oxygen atoms in total. The second-order valence-corrected chi connectivity index (χ2v) is 4.38. The zero-order valence-corrected chi connectivity index (χ0v) is 8.34. The molecule has 0 heterocycles. The van der Waals surface area contributed by atoms with Gasteiger partial charge < -0.3 is 0 Å². The highest BCUT2D eigenvalue weighted by molar-refractivity contribution is 5.93. The van der Waals surface area contributed by atoms with Crippen LogP contribution in [0.25, 0.3) is 0 Å². The summed E-state index contributed by atoms with van der Waals surface area (Å²) < 4.78 is 0. The molecule has 0 radical (unpaired) electrons. The number of allylic oxidation sites excluding steroid dienone is 4. The molecule has 0 aromatic carbocycles. The summed E-state index contributed by atoms with van der Waals surface area (Å²) in [5.74, 6) is 0.918. The molecule has 0 saturated carbocycles. The minimum atomic E-state index is 0.0926. The zero-order chi connectivity index (χ0) is 9.47. The quantitative estimate of drug-likeness (QED) is 0.519. The van der Waals surface area contributed by atoms with Gasteiger partial charge in [0.05, 0.1) is 0 Å². The molecule has 13 heavy (non-hydrogen) atoms. The van der Waals surface area contributed by atoms with Gasteiger partial charge in [-0.3, -0.25) is 4.79 Å². The molecule has 70 valence electrons. The molecule has 0 fully saturated rings. The molecule has 0 aromatic heterocycles. The first-order valence-corrected chi connectivity index (χ1v) is 5.04. The first kappa shape index (κ1) is 8.74. The van der Waals surface area contributed by atoms with Crippen molar-refractivity contribution in [2.24, 2.45) is 11.3 Å². The Hall–Kier alpha value is -0.850. The minimum absolute atomic E-state index is 0.0926. The van der Waals surface area contributed by atoms with Gasteiger partial charge >= 0.3 is 0 Å². The summed E-state index contributed by atoms with van der Waals surface area (Å²) in [5.41, 5.74) is 1.49. The van der Waals surface area contributed by atoms with E-state index in [4.69, 9.17) is 0 Å². The largest absolute Gasteiger partial charge is 0.295 e. The molecule has 1 spiro atoms. The summed E-state index contributed by atoms with van der Waals surface area (Å²) in [5, 5.41) is 0. The van der Waals surface area contributed by atoms with Crippen molar-refractivity contribution in [1.29, 1.82) is 0 Å². The Morgan fingerprint density at radius 3 is 2.85 bits per heavy atom. The van der Waals surface area contributed by atoms with Gasteiger partial charge in [-0.15, -0.1) is 0 Å². The minimum Gasteiger partial charge on any atom is -0.295 e. The summed E-state index contributed by atoms with van der Waals surface area (Å²) >= 11 is 0. The molecular weight excluding hydrogens is 160 g/mol. The fourth-order valence-corrected chi connectivity index (χ4v) is 2.64. The number of hydrogen-bond acceptors (Lipinski definition) is 1. The Morgan fingerprint density at radius 1 is 1.54 bits per heavy atom. The zero-order valence-electron chi connectivity index (χ0n) is 8.34. The molecule has 1 heteroatoms. The summed E-state index contributed by atoms with van der Waals surface area (Å²) in [6.45, 7) is 4.43. The van der Waals surface area contributed by atoms with Crippen molar-refractivity contribution >= 4 is 5.78 Å². The number of rotatable bonds is 0. The van der Waals surface area contributed by atoms with Gasteiger partial charge in [0.25, 0.3) is 0 Å². The molecule has 2 unspecified atom stereocenters. The lowest BCUT2D eigenvalue weighted by atomic mass is 9.66. The highest BCUT2D eigenvalue weighted by Crippen LogP contribution is 2.48.